The van der Waals surface area contributed by atoms with Gasteiger partial charge in [-0.25, -0.2) is 8.78 Å². The molecule has 0 saturated carbocycles. The maximum absolute atomic E-state index is 13.8. The van der Waals surface area contributed by atoms with E-state index in [-0.39, 0.29) is 10.6 Å². The van der Waals surface area contributed by atoms with Crippen molar-refractivity contribution < 1.29 is 8.78 Å². The van der Waals surface area contributed by atoms with E-state index in [1.807, 2.05) is 30.3 Å². The number of hydrogen-bond donors (Lipinski definition) is 0. The summed E-state index contributed by atoms with van der Waals surface area (Å²) in [5, 5.41) is 2.32. The van der Waals surface area contributed by atoms with E-state index >= 15 is 0 Å². The molecule has 21 heavy (non-hydrogen) atoms. The van der Waals surface area contributed by atoms with Crippen molar-refractivity contribution in [3.8, 4) is 0 Å². The standard InChI is InChI=1S/C18H13BrF2/c19-17(16-11-15(20)7-8-18(16)21)10-12-5-6-13-3-1-2-4-14(13)9-12/h1-9,11,17H,10H2. The van der Waals surface area contributed by atoms with E-state index in [0.29, 0.717) is 12.0 Å². The lowest BCUT2D eigenvalue weighted by Gasteiger charge is -2.12. The van der Waals surface area contributed by atoms with Crippen LogP contribution < -0.4 is 0 Å². The minimum absolute atomic E-state index is 0.255. The predicted octanol–water partition coefficient (Wildman–Crippen LogP) is 5.80. The van der Waals surface area contributed by atoms with Gasteiger partial charge in [0.2, 0.25) is 0 Å². The molecule has 0 spiro atoms. The Balaban J connectivity index is 1.88. The fraction of sp³-hybridized carbons (Fsp3) is 0.111. The number of fused-ring (bicyclic) bond motifs is 1. The summed E-state index contributed by atoms with van der Waals surface area (Å²) in [6.45, 7) is 0. The molecule has 0 amide bonds. The smallest absolute Gasteiger partial charge is 0.127 e. The van der Waals surface area contributed by atoms with E-state index in [9.17, 15) is 8.78 Å². The zero-order valence-corrected chi connectivity index (χ0v) is 12.8. The summed E-state index contributed by atoms with van der Waals surface area (Å²) in [4.78, 5) is -0.255. The van der Waals surface area contributed by atoms with Gasteiger partial charge >= 0.3 is 0 Å². The summed E-state index contributed by atoms with van der Waals surface area (Å²) in [6.07, 6.45) is 0.602. The van der Waals surface area contributed by atoms with Crippen molar-refractivity contribution in [2.24, 2.45) is 0 Å². The molecular formula is C18H13BrF2. The van der Waals surface area contributed by atoms with Crippen LogP contribution in [0.25, 0.3) is 10.8 Å². The van der Waals surface area contributed by atoms with Gasteiger partial charge in [0.05, 0.1) is 0 Å². The van der Waals surface area contributed by atoms with Crippen molar-refractivity contribution in [1.82, 2.24) is 0 Å². The highest BCUT2D eigenvalue weighted by atomic mass is 79.9. The van der Waals surface area contributed by atoms with Crippen molar-refractivity contribution >= 4 is 26.7 Å². The Hall–Kier alpha value is -1.74. The summed E-state index contributed by atoms with van der Waals surface area (Å²) < 4.78 is 27.0. The molecule has 0 N–H and O–H groups in total. The van der Waals surface area contributed by atoms with E-state index in [4.69, 9.17) is 0 Å². The van der Waals surface area contributed by atoms with Gasteiger partial charge < -0.3 is 0 Å². The fourth-order valence-electron chi connectivity index (χ4n) is 2.44. The first kappa shape index (κ1) is 14.2. The molecule has 0 fully saturated rings. The Kier molecular flexibility index (Phi) is 4.02. The largest absolute Gasteiger partial charge is 0.207 e. The zero-order chi connectivity index (χ0) is 14.8. The Bertz CT molecular complexity index is 783. The SMILES string of the molecule is Fc1ccc(F)c(C(Br)Cc2ccc3ccccc3c2)c1. The van der Waals surface area contributed by atoms with Crippen LogP contribution in [0.4, 0.5) is 8.78 Å². The van der Waals surface area contributed by atoms with Crippen molar-refractivity contribution in [1.29, 1.82) is 0 Å². The Morgan fingerprint density at radius 2 is 1.62 bits per heavy atom. The third-order valence-corrected chi connectivity index (χ3v) is 4.34. The number of hydrogen-bond acceptors (Lipinski definition) is 0. The van der Waals surface area contributed by atoms with Crippen LogP contribution in [-0.4, -0.2) is 0 Å². The second-order valence-electron chi connectivity index (χ2n) is 5.02. The van der Waals surface area contributed by atoms with Gasteiger partial charge in [-0.15, -0.1) is 0 Å². The van der Waals surface area contributed by atoms with Gasteiger partial charge in [0.15, 0.2) is 0 Å². The van der Waals surface area contributed by atoms with Gasteiger partial charge in [0.1, 0.15) is 11.6 Å². The van der Waals surface area contributed by atoms with Gasteiger partial charge in [-0.2, -0.15) is 0 Å². The Morgan fingerprint density at radius 1 is 0.857 bits per heavy atom. The van der Waals surface area contributed by atoms with Crippen LogP contribution in [0.2, 0.25) is 0 Å². The summed E-state index contributed by atoms with van der Waals surface area (Å²) in [6, 6.07) is 17.8. The lowest BCUT2D eigenvalue weighted by atomic mass is 10.0. The van der Waals surface area contributed by atoms with Crippen molar-refractivity contribution in [3.63, 3.8) is 0 Å². The zero-order valence-electron chi connectivity index (χ0n) is 11.2. The van der Waals surface area contributed by atoms with Gasteiger partial charge in [-0.05, 0) is 41.0 Å². The molecule has 0 aliphatic heterocycles. The molecule has 0 saturated heterocycles. The first-order chi connectivity index (χ1) is 10.1. The molecule has 0 nitrogen and oxygen atoms in total. The molecule has 3 rings (SSSR count). The van der Waals surface area contributed by atoms with Gasteiger partial charge in [-0.3, -0.25) is 0 Å². The molecule has 0 radical (unpaired) electrons. The second kappa shape index (κ2) is 5.94. The molecule has 106 valence electrons. The highest BCUT2D eigenvalue weighted by Crippen LogP contribution is 2.30. The van der Waals surface area contributed by atoms with Gasteiger partial charge in [-0.1, -0.05) is 58.4 Å². The fourth-order valence-corrected chi connectivity index (χ4v) is 3.16. The van der Waals surface area contributed by atoms with E-state index in [0.717, 1.165) is 17.0 Å². The Morgan fingerprint density at radius 3 is 2.43 bits per heavy atom. The molecule has 3 heteroatoms. The molecular weight excluding hydrogens is 334 g/mol. The van der Waals surface area contributed by atoms with Crippen LogP contribution in [0.3, 0.4) is 0 Å². The van der Waals surface area contributed by atoms with Crippen molar-refractivity contribution in [2.45, 2.75) is 11.2 Å². The molecule has 0 heterocycles. The maximum Gasteiger partial charge on any atom is 0.127 e. The number of halogens is 3. The van der Waals surface area contributed by atoms with E-state index in [2.05, 4.69) is 28.1 Å². The van der Waals surface area contributed by atoms with E-state index in [1.165, 1.54) is 17.5 Å². The monoisotopic (exact) mass is 346 g/mol. The topological polar surface area (TPSA) is 0 Å². The summed E-state index contributed by atoms with van der Waals surface area (Å²) in [5.41, 5.74) is 1.43. The van der Waals surface area contributed by atoms with Crippen LogP contribution in [0, 0.1) is 11.6 Å². The number of rotatable bonds is 3. The lowest BCUT2D eigenvalue weighted by molar-refractivity contribution is 0.583. The maximum atomic E-state index is 13.8. The third-order valence-electron chi connectivity index (χ3n) is 3.52. The third kappa shape index (κ3) is 3.13. The predicted molar refractivity (Wildman–Crippen MR) is 85.7 cm³/mol. The van der Waals surface area contributed by atoms with Crippen molar-refractivity contribution in [3.05, 3.63) is 83.4 Å². The highest BCUT2D eigenvalue weighted by Gasteiger charge is 2.14. The molecule has 3 aromatic rings. The van der Waals surface area contributed by atoms with Gasteiger partial charge in [0.25, 0.3) is 0 Å². The first-order valence-electron chi connectivity index (χ1n) is 6.70. The van der Waals surface area contributed by atoms with E-state index in [1.54, 1.807) is 0 Å². The average Bonchev–Trinajstić information content (AvgIpc) is 2.49. The minimum atomic E-state index is -0.422. The number of benzene rings is 3. The Labute approximate surface area is 130 Å². The molecule has 0 aromatic heterocycles. The molecule has 0 aliphatic rings. The normalized spacial score (nSPS) is 12.5. The summed E-state index contributed by atoms with van der Waals surface area (Å²) in [7, 11) is 0. The van der Waals surface area contributed by atoms with Crippen LogP contribution in [0.1, 0.15) is 16.0 Å². The minimum Gasteiger partial charge on any atom is -0.207 e. The highest BCUT2D eigenvalue weighted by molar-refractivity contribution is 9.09. The second-order valence-corrected chi connectivity index (χ2v) is 6.12. The molecule has 1 atom stereocenters. The molecule has 0 bridgehead atoms. The average molecular weight is 347 g/mol. The molecule has 1 unspecified atom stereocenters. The molecule has 0 aliphatic carbocycles. The molecule has 3 aromatic carbocycles. The summed E-state index contributed by atoms with van der Waals surface area (Å²) in [5.74, 6) is -0.812. The van der Waals surface area contributed by atoms with Gasteiger partial charge in [0, 0.05) is 10.4 Å². The van der Waals surface area contributed by atoms with Crippen molar-refractivity contribution in [2.75, 3.05) is 0 Å². The number of alkyl halides is 1. The van der Waals surface area contributed by atoms with Crippen LogP contribution in [0.15, 0.2) is 60.7 Å². The van der Waals surface area contributed by atoms with Crippen LogP contribution in [0.5, 0.6) is 0 Å². The lowest BCUT2D eigenvalue weighted by Crippen LogP contribution is -1.99. The van der Waals surface area contributed by atoms with Crippen LogP contribution >= 0.6 is 15.9 Å². The summed E-state index contributed by atoms with van der Waals surface area (Å²) >= 11 is 3.47. The first-order valence-corrected chi connectivity index (χ1v) is 7.62. The quantitative estimate of drug-likeness (QED) is 0.526. The van der Waals surface area contributed by atoms with Crippen LogP contribution in [-0.2, 0) is 6.42 Å². The van der Waals surface area contributed by atoms with E-state index < -0.39 is 5.82 Å².